The second-order valence-corrected chi connectivity index (χ2v) is 12.1. The van der Waals surface area contributed by atoms with Gasteiger partial charge in [-0.3, -0.25) is 4.79 Å². The van der Waals surface area contributed by atoms with Gasteiger partial charge < -0.3 is 5.32 Å². The van der Waals surface area contributed by atoms with E-state index in [4.69, 9.17) is 0 Å². The molecule has 5 rings (SSSR count). The summed E-state index contributed by atoms with van der Waals surface area (Å²) in [5.74, 6) is 0.196. The quantitative estimate of drug-likeness (QED) is 0.255. The molecule has 0 bridgehead atoms. The van der Waals surface area contributed by atoms with Crippen LogP contribution in [0.1, 0.15) is 16.7 Å². The van der Waals surface area contributed by atoms with Crippen LogP contribution in [0.3, 0.4) is 0 Å². The first-order valence-electron chi connectivity index (χ1n) is 12.0. The van der Waals surface area contributed by atoms with E-state index in [1.165, 1.54) is 0 Å². The molecule has 2 aromatic heterocycles. The largest absolute Gasteiger partial charge is 0.310 e. The van der Waals surface area contributed by atoms with E-state index in [1.54, 1.807) is 42.6 Å². The minimum atomic E-state index is -3.83. The predicted octanol–water partition coefficient (Wildman–Crippen LogP) is 6.50. The number of hydrogen-bond acceptors (Lipinski definition) is 6. The Bertz CT molecular complexity index is 1710. The molecular weight excluding hydrogens is 514 g/mol. The maximum Gasteiger partial charge on any atom is 0.233 e. The van der Waals surface area contributed by atoms with Gasteiger partial charge in [-0.1, -0.05) is 71.8 Å². The molecule has 2 heterocycles. The summed E-state index contributed by atoms with van der Waals surface area (Å²) in [7, 11) is -3.83. The molecule has 0 atom stereocenters. The molecule has 190 valence electrons. The van der Waals surface area contributed by atoms with E-state index in [9.17, 15) is 13.2 Å². The fourth-order valence-electron chi connectivity index (χ4n) is 4.03. The van der Waals surface area contributed by atoms with Crippen molar-refractivity contribution in [1.29, 1.82) is 0 Å². The van der Waals surface area contributed by atoms with Crippen LogP contribution in [0.25, 0.3) is 21.7 Å². The summed E-state index contributed by atoms with van der Waals surface area (Å²) in [6.07, 6.45) is 1.82. The van der Waals surface area contributed by atoms with E-state index < -0.39 is 9.84 Å². The molecule has 8 heteroatoms. The van der Waals surface area contributed by atoms with E-state index in [-0.39, 0.29) is 21.6 Å². The lowest BCUT2D eigenvalue weighted by molar-refractivity contribution is -0.115. The molecule has 0 fully saturated rings. The van der Waals surface area contributed by atoms with Gasteiger partial charge in [0.25, 0.3) is 0 Å². The zero-order valence-electron chi connectivity index (χ0n) is 20.9. The molecule has 0 aliphatic carbocycles. The monoisotopic (exact) mass is 539 g/mol. The lowest BCUT2D eigenvalue weighted by atomic mass is 10.1. The third-order valence-corrected chi connectivity index (χ3v) is 9.21. The summed E-state index contributed by atoms with van der Waals surface area (Å²) >= 11 is 1.11. The van der Waals surface area contributed by atoms with Crippen LogP contribution in [0.5, 0.6) is 0 Å². The van der Waals surface area contributed by atoms with Crippen molar-refractivity contribution in [2.45, 2.75) is 29.5 Å². The second kappa shape index (κ2) is 10.7. The van der Waals surface area contributed by atoms with Crippen molar-refractivity contribution in [1.82, 2.24) is 9.97 Å². The van der Waals surface area contributed by atoms with Crippen LogP contribution < -0.4 is 5.32 Å². The Labute approximate surface area is 226 Å². The maximum absolute atomic E-state index is 13.5. The van der Waals surface area contributed by atoms with Gasteiger partial charge in [0.1, 0.15) is 5.82 Å². The number of pyridine rings is 1. The molecule has 1 N–H and O–H groups in total. The van der Waals surface area contributed by atoms with Crippen molar-refractivity contribution in [3.63, 3.8) is 0 Å². The minimum Gasteiger partial charge on any atom is -0.310 e. The van der Waals surface area contributed by atoms with Crippen LogP contribution in [0.2, 0.25) is 0 Å². The molecule has 0 saturated carbocycles. The molecule has 6 nitrogen and oxygen atoms in total. The Balaban J connectivity index is 1.54. The van der Waals surface area contributed by atoms with Gasteiger partial charge in [-0.2, -0.15) is 0 Å². The Morgan fingerprint density at radius 1 is 0.842 bits per heavy atom. The van der Waals surface area contributed by atoms with Crippen molar-refractivity contribution in [3.8, 4) is 21.7 Å². The van der Waals surface area contributed by atoms with E-state index >= 15 is 0 Å². The number of nitrogens with one attached hydrogen (secondary N) is 1. The zero-order chi connectivity index (χ0) is 26.7. The van der Waals surface area contributed by atoms with Gasteiger partial charge in [0, 0.05) is 11.8 Å². The maximum atomic E-state index is 13.5. The molecule has 3 aromatic carbocycles. The summed E-state index contributed by atoms with van der Waals surface area (Å²) in [5, 5.41) is 2.85. The predicted molar refractivity (Wildman–Crippen MR) is 151 cm³/mol. The molecule has 0 spiro atoms. The summed E-state index contributed by atoms with van der Waals surface area (Å²) in [4.78, 5) is 22.5. The van der Waals surface area contributed by atoms with Crippen LogP contribution in [-0.4, -0.2) is 24.3 Å². The van der Waals surface area contributed by atoms with Gasteiger partial charge in [-0.25, -0.2) is 18.4 Å². The van der Waals surface area contributed by atoms with E-state index in [2.05, 4.69) is 15.3 Å². The topological polar surface area (TPSA) is 89.0 Å². The second-order valence-electron chi connectivity index (χ2n) is 8.98. The first kappa shape index (κ1) is 25.5. The molecule has 38 heavy (non-hydrogen) atoms. The van der Waals surface area contributed by atoms with Gasteiger partial charge in [-0.05, 0) is 55.3 Å². The highest BCUT2D eigenvalue weighted by atomic mass is 32.2. The molecule has 5 aromatic rings. The zero-order valence-corrected chi connectivity index (χ0v) is 22.5. The number of hydrogen-bond donors (Lipinski definition) is 1. The smallest absolute Gasteiger partial charge is 0.233 e. The van der Waals surface area contributed by atoms with Crippen molar-refractivity contribution in [3.05, 3.63) is 114 Å². The number of thiazole rings is 1. The fourth-order valence-corrected chi connectivity index (χ4v) is 6.73. The summed E-state index contributed by atoms with van der Waals surface area (Å²) in [6.45, 7) is 3.89. The molecule has 0 saturated heterocycles. The number of aryl methyl sites for hydroxylation is 2. The Morgan fingerprint density at radius 3 is 2.34 bits per heavy atom. The number of amides is 1. The number of anilines is 1. The van der Waals surface area contributed by atoms with Crippen LogP contribution in [-0.2, 0) is 21.1 Å². The van der Waals surface area contributed by atoms with Gasteiger partial charge in [-0.15, -0.1) is 11.3 Å². The van der Waals surface area contributed by atoms with E-state index in [0.717, 1.165) is 39.2 Å². The van der Waals surface area contributed by atoms with E-state index in [1.807, 2.05) is 68.4 Å². The third kappa shape index (κ3) is 5.56. The van der Waals surface area contributed by atoms with Gasteiger partial charge in [0.15, 0.2) is 0 Å². The number of carbonyl (C=O) groups excluding carboxylic acids is 1. The molecule has 0 aliphatic heterocycles. The van der Waals surface area contributed by atoms with Crippen molar-refractivity contribution >= 4 is 32.9 Å². The van der Waals surface area contributed by atoms with E-state index in [0.29, 0.717) is 16.4 Å². The van der Waals surface area contributed by atoms with Crippen molar-refractivity contribution in [2.75, 3.05) is 5.32 Å². The van der Waals surface area contributed by atoms with Crippen LogP contribution >= 0.6 is 11.3 Å². The number of rotatable bonds is 7. The van der Waals surface area contributed by atoms with Crippen molar-refractivity contribution < 1.29 is 13.2 Å². The number of sulfone groups is 1. The summed E-state index contributed by atoms with van der Waals surface area (Å²) < 4.78 is 27.0. The molecule has 1 amide bonds. The average Bonchev–Trinajstić information content (AvgIpc) is 3.36. The number of nitrogens with zero attached hydrogens (tertiary/aromatic N) is 2. The lowest BCUT2D eigenvalue weighted by Gasteiger charge is -2.08. The van der Waals surface area contributed by atoms with Gasteiger partial charge in [0.05, 0.1) is 21.9 Å². The molecule has 0 radical (unpaired) electrons. The van der Waals surface area contributed by atoms with Crippen LogP contribution in [0, 0.1) is 13.8 Å². The average molecular weight is 540 g/mol. The standard InChI is InChI=1S/C30H25N3O3S2/c1-20-11-13-25(14-12-20)38(35,36)30-33-28(23-10-6-7-21(2)17-23)29(37-30)24-15-16-31-26(19-24)32-27(34)18-22-8-4-3-5-9-22/h3-17,19H,18H2,1-2H3,(H,31,32,34). The summed E-state index contributed by atoms with van der Waals surface area (Å²) in [6, 6.07) is 27.6. The minimum absolute atomic E-state index is 0.0133. The first-order valence-corrected chi connectivity index (χ1v) is 14.3. The summed E-state index contributed by atoms with van der Waals surface area (Å²) in [5.41, 5.74) is 5.01. The Hall–Kier alpha value is -4.14. The van der Waals surface area contributed by atoms with Gasteiger partial charge >= 0.3 is 0 Å². The SMILES string of the molecule is Cc1ccc(S(=O)(=O)c2nc(-c3cccc(C)c3)c(-c3ccnc(NC(=O)Cc4ccccc4)c3)s2)cc1. The van der Waals surface area contributed by atoms with Crippen LogP contribution in [0.15, 0.2) is 106 Å². The fraction of sp³-hybridized carbons (Fsp3) is 0.100. The van der Waals surface area contributed by atoms with Crippen LogP contribution in [0.4, 0.5) is 5.82 Å². The lowest BCUT2D eigenvalue weighted by Crippen LogP contribution is -2.15. The van der Waals surface area contributed by atoms with Crippen molar-refractivity contribution in [2.24, 2.45) is 0 Å². The highest BCUT2D eigenvalue weighted by Gasteiger charge is 2.26. The number of benzene rings is 3. The molecular formula is C30H25N3O3S2. The number of carbonyl (C=O) groups is 1. The molecule has 0 unspecified atom stereocenters. The first-order chi connectivity index (χ1) is 18.3. The highest BCUT2D eigenvalue weighted by Crippen LogP contribution is 2.40. The Morgan fingerprint density at radius 2 is 1.61 bits per heavy atom. The highest BCUT2D eigenvalue weighted by molar-refractivity contribution is 7.93. The van der Waals surface area contributed by atoms with Gasteiger partial charge in [0.2, 0.25) is 20.1 Å². The Kier molecular flexibility index (Phi) is 7.18. The number of aromatic nitrogens is 2. The third-order valence-electron chi connectivity index (χ3n) is 5.96. The normalized spacial score (nSPS) is 11.3. The molecule has 0 aliphatic rings.